The number of carbonyl (C=O) groups is 1. The van der Waals surface area contributed by atoms with Crippen LogP contribution in [0.5, 0.6) is 0 Å². The van der Waals surface area contributed by atoms with E-state index in [0.29, 0.717) is 12.2 Å². The number of aryl methyl sites for hydroxylation is 1. The van der Waals surface area contributed by atoms with Crippen molar-refractivity contribution in [3.8, 4) is 0 Å². The van der Waals surface area contributed by atoms with E-state index in [1.54, 1.807) is 0 Å². The molecule has 2 aliphatic heterocycles. The molecule has 6 atom stereocenters. The van der Waals surface area contributed by atoms with Crippen molar-refractivity contribution in [1.82, 2.24) is 4.98 Å². The first-order valence-electron chi connectivity index (χ1n) is 9.92. The van der Waals surface area contributed by atoms with Gasteiger partial charge in [-0.3, -0.25) is 9.78 Å². The zero-order valence-corrected chi connectivity index (χ0v) is 15.9. The highest BCUT2D eigenvalue weighted by Gasteiger charge is 2.80. The van der Waals surface area contributed by atoms with Crippen molar-refractivity contribution >= 4 is 5.78 Å². The fraction of sp³-hybridized carbons (Fsp3) is 0.727. The number of hydrogen-bond acceptors (Lipinski definition) is 3. The third-order valence-electron chi connectivity index (χ3n) is 8.77. The maximum atomic E-state index is 13.3. The van der Waals surface area contributed by atoms with Crippen molar-refractivity contribution in [2.45, 2.75) is 83.3 Å². The van der Waals surface area contributed by atoms with Crippen molar-refractivity contribution in [3.05, 3.63) is 29.6 Å². The maximum Gasteiger partial charge on any atom is 0.142 e. The highest BCUT2D eigenvalue weighted by Crippen LogP contribution is 2.78. The molecular formula is C22H29NO2. The van der Waals surface area contributed by atoms with Crippen LogP contribution in [0.1, 0.15) is 76.6 Å². The highest BCUT2D eigenvalue weighted by atomic mass is 16.5. The van der Waals surface area contributed by atoms with Gasteiger partial charge in [0.1, 0.15) is 5.78 Å². The molecule has 3 heterocycles. The van der Waals surface area contributed by atoms with E-state index >= 15 is 0 Å². The van der Waals surface area contributed by atoms with Crippen LogP contribution in [0.25, 0.3) is 0 Å². The molecule has 5 aliphatic rings. The minimum atomic E-state index is -0.401. The third-order valence-corrected chi connectivity index (χ3v) is 8.77. The molecule has 0 N–H and O–H groups in total. The van der Waals surface area contributed by atoms with Gasteiger partial charge in [-0.05, 0) is 50.7 Å². The molecule has 3 saturated carbocycles. The molecule has 6 rings (SSSR count). The molecule has 3 unspecified atom stereocenters. The molecule has 0 amide bonds. The van der Waals surface area contributed by atoms with Crippen molar-refractivity contribution < 1.29 is 9.53 Å². The van der Waals surface area contributed by atoms with E-state index in [-0.39, 0.29) is 28.3 Å². The van der Waals surface area contributed by atoms with Crippen LogP contribution >= 0.6 is 0 Å². The Morgan fingerprint density at radius 2 is 1.92 bits per heavy atom. The molecule has 134 valence electrons. The lowest BCUT2D eigenvalue weighted by Gasteiger charge is -2.70. The summed E-state index contributed by atoms with van der Waals surface area (Å²) in [5.74, 6) is 0.675. The van der Waals surface area contributed by atoms with Gasteiger partial charge in [0.05, 0.1) is 17.1 Å². The van der Waals surface area contributed by atoms with Crippen molar-refractivity contribution in [2.24, 2.45) is 16.7 Å². The number of hydrogen-bond donors (Lipinski definition) is 0. The quantitative estimate of drug-likeness (QED) is 0.752. The van der Waals surface area contributed by atoms with Gasteiger partial charge in [0.2, 0.25) is 0 Å². The van der Waals surface area contributed by atoms with E-state index < -0.39 is 5.60 Å². The molecule has 3 aliphatic carbocycles. The molecular weight excluding hydrogens is 310 g/mol. The normalized spacial score (nSPS) is 50.8. The SMILES string of the molecule is Cc1cccc([C@H]2C[C@]3(C)[C@H]4C(=O)CC5(CCCCC53C)OC24C)n1. The van der Waals surface area contributed by atoms with E-state index in [9.17, 15) is 4.79 Å². The number of carbonyl (C=O) groups excluding carboxylic acids is 1. The summed E-state index contributed by atoms with van der Waals surface area (Å²) in [6, 6.07) is 6.28. The van der Waals surface area contributed by atoms with Gasteiger partial charge in [0.25, 0.3) is 0 Å². The fourth-order valence-corrected chi connectivity index (χ4v) is 7.57. The van der Waals surface area contributed by atoms with Crippen molar-refractivity contribution in [3.63, 3.8) is 0 Å². The Hall–Kier alpha value is -1.22. The third kappa shape index (κ3) is 1.63. The van der Waals surface area contributed by atoms with Gasteiger partial charge in [0, 0.05) is 29.1 Å². The monoisotopic (exact) mass is 339 g/mol. The zero-order chi connectivity index (χ0) is 17.7. The largest absolute Gasteiger partial charge is 0.366 e. The number of Topliss-reactive ketones (excluding diaryl/α,β-unsaturated/α-hetero) is 1. The highest BCUT2D eigenvalue weighted by molar-refractivity contribution is 5.88. The first-order valence-corrected chi connectivity index (χ1v) is 9.92. The zero-order valence-electron chi connectivity index (χ0n) is 15.9. The Balaban J connectivity index is 1.72. The van der Waals surface area contributed by atoms with E-state index in [2.05, 4.69) is 32.9 Å². The second kappa shape index (κ2) is 4.54. The first-order chi connectivity index (χ1) is 11.8. The van der Waals surface area contributed by atoms with Crippen molar-refractivity contribution in [1.29, 1.82) is 0 Å². The average Bonchev–Trinajstić information content (AvgIpc) is 2.76. The lowest BCUT2D eigenvalue weighted by atomic mass is 9.41. The van der Waals surface area contributed by atoms with Gasteiger partial charge in [-0.25, -0.2) is 0 Å². The van der Waals surface area contributed by atoms with Gasteiger partial charge in [-0.1, -0.05) is 32.8 Å². The molecule has 1 aromatic heterocycles. The number of fused-ring (bicyclic) bond motifs is 1. The van der Waals surface area contributed by atoms with Crippen LogP contribution in [0.4, 0.5) is 0 Å². The topological polar surface area (TPSA) is 39.2 Å². The Morgan fingerprint density at radius 3 is 2.68 bits per heavy atom. The Kier molecular flexibility index (Phi) is 2.90. The van der Waals surface area contributed by atoms with Gasteiger partial charge in [-0.15, -0.1) is 0 Å². The van der Waals surface area contributed by atoms with E-state index in [4.69, 9.17) is 9.72 Å². The van der Waals surface area contributed by atoms with Gasteiger partial charge < -0.3 is 4.74 Å². The first kappa shape index (κ1) is 16.0. The molecule has 4 bridgehead atoms. The molecule has 25 heavy (non-hydrogen) atoms. The fourth-order valence-electron chi connectivity index (χ4n) is 7.57. The van der Waals surface area contributed by atoms with Gasteiger partial charge in [-0.2, -0.15) is 0 Å². The molecule has 0 aromatic carbocycles. The number of rotatable bonds is 1. The second-order valence-corrected chi connectivity index (χ2v) is 9.77. The van der Waals surface area contributed by atoms with Gasteiger partial charge in [0.15, 0.2) is 0 Å². The summed E-state index contributed by atoms with van der Waals surface area (Å²) in [7, 11) is 0. The van der Waals surface area contributed by atoms with Crippen molar-refractivity contribution in [2.75, 3.05) is 0 Å². The minimum Gasteiger partial charge on any atom is -0.366 e. The predicted molar refractivity (Wildman–Crippen MR) is 96.3 cm³/mol. The summed E-state index contributed by atoms with van der Waals surface area (Å²) in [4.78, 5) is 18.1. The molecule has 3 nitrogen and oxygen atoms in total. The minimum absolute atomic E-state index is 0.0114. The summed E-state index contributed by atoms with van der Waals surface area (Å²) in [6.07, 6.45) is 6.34. The summed E-state index contributed by atoms with van der Waals surface area (Å²) in [5.41, 5.74) is 1.64. The lowest BCUT2D eigenvalue weighted by Crippen LogP contribution is -2.74. The summed E-state index contributed by atoms with van der Waals surface area (Å²) < 4.78 is 7.04. The van der Waals surface area contributed by atoms with Crippen LogP contribution in [-0.2, 0) is 9.53 Å². The smallest absolute Gasteiger partial charge is 0.142 e. The van der Waals surface area contributed by atoms with Gasteiger partial charge >= 0.3 is 0 Å². The number of ketones is 1. The average molecular weight is 339 g/mol. The Bertz CT molecular complexity index is 775. The molecule has 2 saturated heterocycles. The number of aromatic nitrogens is 1. The van der Waals surface area contributed by atoms with Crippen LogP contribution in [0.3, 0.4) is 0 Å². The Labute approximate surface area is 150 Å². The summed E-state index contributed by atoms with van der Waals surface area (Å²) in [6.45, 7) is 9.08. The molecule has 3 heteroatoms. The van der Waals surface area contributed by atoms with E-state index in [1.165, 1.54) is 19.3 Å². The van der Waals surface area contributed by atoms with Crippen LogP contribution in [0, 0.1) is 23.7 Å². The molecule has 1 aromatic rings. The number of ether oxygens (including phenoxy) is 1. The standard InChI is InChI=1S/C22H29NO2/c1-14-8-7-9-16(23-14)15-12-19(2)18-17(24)13-22(25-21(15,18)4)11-6-5-10-20(19,22)3/h7-9,15,18H,5-6,10-13H2,1-4H3/t15-,18-,19-,20?,21?,22?/m1/s1. The Morgan fingerprint density at radius 1 is 1.16 bits per heavy atom. The molecule has 1 spiro atoms. The number of pyridine rings is 1. The van der Waals surface area contributed by atoms with Crippen LogP contribution < -0.4 is 0 Å². The molecule has 5 fully saturated rings. The predicted octanol–water partition coefficient (Wildman–Crippen LogP) is 4.58. The number of nitrogens with zero attached hydrogens (tertiary/aromatic N) is 1. The summed E-state index contributed by atoms with van der Waals surface area (Å²) >= 11 is 0. The van der Waals surface area contributed by atoms with Crippen LogP contribution in [0.2, 0.25) is 0 Å². The lowest BCUT2D eigenvalue weighted by molar-refractivity contribution is -0.320. The van der Waals surface area contributed by atoms with E-state index in [1.807, 2.05) is 13.0 Å². The maximum absolute atomic E-state index is 13.3. The van der Waals surface area contributed by atoms with Crippen LogP contribution in [-0.4, -0.2) is 22.0 Å². The summed E-state index contributed by atoms with van der Waals surface area (Å²) in [5, 5.41) is 0. The van der Waals surface area contributed by atoms with E-state index in [0.717, 1.165) is 24.2 Å². The molecule has 0 radical (unpaired) electrons. The van der Waals surface area contributed by atoms with Crippen LogP contribution in [0.15, 0.2) is 18.2 Å². The second-order valence-electron chi connectivity index (χ2n) is 9.77.